The van der Waals surface area contributed by atoms with E-state index >= 15 is 0 Å². The lowest BCUT2D eigenvalue weighted by Gasteiger charge is -2.23. The Hall–Kier alpha value is -0.720. The van der Waals surface area contributed by atoms with Crippen molar-refractivity contribution in [3.05, 3.63) is 23.5 Å². The summed E-state index contributed by atoms with van der Waals surface area (Å²) < 4.78 is 2.45. The summed E-state index contributed by atoms with van der Waals surface area (Å²) in [5.74, 6) is 0.936. The van der Waals surface area contributed by atoms with Crippen LogP contribution in [0.2, 0.25) is 0 Å². The average molecular weight is 191 g/mol. The molecule has 0 bridgehead atoms. The quantitative estimate of drug-likeness (QED) is 0.673. The molecule has 0 fully saturated rings. The Morgan fingerprint density at radius 2 is 2.29 bits per heavy atom. The van der Waals surface area contributed by atoms with Crippen molar-refractivity contribution >= 4 is 0 Å². The lowest BCUT2D eigenvalue weighted by Crippen LogP contribution is -2.16. The molecule has 0 amide bonds. The summed E-state index contributed by atoms with van der Waals surface area (Å²) in [6.45, 7) is 6.85. The number of nitrogens with zero attached hydrogens (tertiary/aromatic N) is 1. The molecule has 1 nitrogen and oxygen atoms in total. The van der Waals surface area contributed by atoms with Gasteiger partial charge < -0.3 is 4.57 Å². The number of hydrogen-bond donors (Lipinski definition) is 0. The minimum absolute atomic E-state index is 0.622. The topological polar surface area (TPSA) is 4.93 Å². The average Bonchev–Trinajstić information content (AvgIpc) is 2.59. The van der Waals surface area contributed by atoms with E-state index in [1.165, 1.54) is 25.7 Å². The third-order valence-electron chi connectivity index (χ3n) is 3.55. The normalized spacial score (nSPS) is 21.3. The molecule has 0 N–H and O–H groups in total. The van der Waals surface area contributed by atoms with Gasteiger partial charge in [0.25, 0.3) is 0 Å². The zero-order valence-corrected chi connectivity index (χ0v) is 9.59. The van der Waals surface area contributed by atoms with Crippen LogP contribution < -0.4 is 0 Å². The van der Waals surface area contributed by atoms with E-state index in [-0.39, 0.29) is 0 Å². The predicted molar refractivity (Wildman–Crippen MR) is 60.6 cm³/mol. The van der Waals surface area contributed by atoms with Crippen molar-refractivity contribution in [3.8, 4) is 0 Å². The molecule has 0 aromatic carbocycles. The highest BCUT2D eigenvalue weighted by atomic mass is 15.0. The predicted octanol–water partition coefficient (Wildman–Crippen LogP) is 3.58. The highest BCUT2D eigenvalue weighted by Gasteiger charge is 2.20. The van der Waals surface area contributed by atoms with E-state index in [0.29, 0.717) is 6.04 Å². The Morgan fingerprint density at radius 3 is 2.93 bits per heavy atom. The first-order valence-electron chi connectivity index (χ1n) is 5.91. The van der Waals surface area contributed by atoms with Gasteiger partial charge in [-0.25, -0.2) is 0 Å². The van der Waals surface area contributed by atoms with Gasteiger partial charge in [-0.05, 0) is 50.7 Å². The minimum Gasteiger partial charge on any atom is -0.349 e. The van der Waals surface area contributed by atoms with E-state index in [1.807, 2.05) is 0 Å². The van der Waals surface area contributed by atoms with Gasteiger partial charge in [-0.3, -0.25) is 0 Å². The Balaban J connectivity index is 2.25. The molecular formula is C13H21N. The first-order valence-corrected chi connectivity index (χ1v) is 5.91. The number of fused-ring (bicyclic) bond motifs is 1. The summed E-state index contributed by atoms with van der Waals surface area (Å²) in [7, 11) is 0. The fourth-order valence-corrected chi connectivity index (χ4v) is 2.58. The molecule has 1 atom stereocenters. The van der Waals surface area contributed by atoms with Crippen molar-refractivity contribution in [2.75, 3.05) is 0 Å². The fraction of sp³-hybridized carbons (Fsp3) is 0.692. The molecule has 1 aromatic heterocycles. The minimum atomic E-state index is 0.622. The molecule has 0 saturated carbocycles. The standard InChI is InChI=1S/C13H21N/c1-4-11-5-6-13-12(9-11)7-8-14(13)10(2)3/h7-8,10-11H,4-6,9H2,1-3H3. The van der Waals surface area contributed by atoms with Gasteiger partial charge >= 0.3 is 0 Å². The number of hydrogen-bond acceptors (Lipinski definition) is 0. The first kappa shape index (κ1) is 9.82. The smallest absolute Gasteiger partial charge is 0.0276 e. The zero-order valence-electron chi connectivity index (χ0n) is 9.59. The van der Waals surface area contributed by atoms with Crippen LogP contribution in [0.25, 0.3) is 0 Å². The molecule has 14 heavy (non-hydrogen) atoms. The van der Waals surface area contributed by atoms with Gasteiger partial charge in [-0.2, -0.15) is 0 Å². The largest absolute Gasteiger partial charge is 0.349 e. The van der Waals surface area contributed by atoms with E-state index in [2.05, 4.69) is 37.6 Å². The second-order valence-corrected chi connectivity index (χ2v) is 4.81. The monoisotopic (exact) mass is 191 g/mol. The maximum atomic E-state index is 2.45. The molecular weight excluding hydrogens is 170 g/mol. The van der Waals surface area contributed by atoms with Gasteiger partial charge in [-0.1, -0.05) is 13.3 Å². The van der Waals surface area contributed by atoms with Crippen LogP contribution in [0.1, 0.15) is 50.9 Å². The van der Waals surface area contributed by atoms with Crippen LogP contribution in [0.5, 0.6) is 0 Å². The van der Waals surface area contributed by atoms with E-state index < -0.39 is 0 Å². The summed E-state index contributed by atoms with van der Waals surface area (Å²) >= 11 is 0. The van der Waals surface area contributed by atoms with Crippen molar-refractivity contribution in [3.63, 3.8) is 0 Å². The molecule has 0 radical (unpaired) electrons. The number of rotatable bonds is 2. The molecule has 0 saturated heterocycles. The van der Waals surface area contributed by atoms with Crippen LogP contribution in [0.3, 0.4) is 0 Å². The Labute approximate surface area is 87.1 Å². The lowest BCUT2D eigenvalue weighted by molar-refractivity contribution is 0.427. The van der Waals surface area contributed by atoms with Gasteiger partial charge in [0.2, 0.25) is 0 Å². The van der Waals surface area contributed by atoms with Crippen molar-refractivity contribution in [2.45, 2.75) is 52.5 Å². The van der Waals surface area contributed by atoms with Crippen molar-refractivity contribution in [2.24, 2.45) is 5.92 Å². The Bertz CT molecular complexity index is 309. The second-order valence-electron chi connectivity index (χ2n) is 4.81. The second kappa shape index (κ2) is 3.80. The highest BCUT2D eigenvalue weighted by molar-refractivity contribution is 5.26. The molecule has 1 unspecified atom stereocenters. The summed E-state index contributed by atoms with van der Waals surface area (Å²) in [4.78, 5) is 0. The van der Waals surface area contributed by atoms with Crippen molar-refractivity contribution in [1.29, 1.82) is 0 Å². The third kappa shape index (κ3) is 1.60. The van der Waals surface area contributed by atoms with Gasteiger partial charge in [0.15, 0.2) is 0 Å². The maximum Gasteiger partial charge on any atom is 0.0276 e. The number of aromatic nitrogens is 1. The molecule has 0 spiro atoms. The fourth-order valence-electron chi connectivity index (χ4n) is 2.58. The molecule has 1 aliphatic rings. The van der Waals surface area contributed by atoms with Gasteiger partial charge in [-0.15, -0.1) is 0 Å². The van der Waals surface area contributed by atoms with E-state index in [4.69, 9.17) is 0 Å². The SMILES string of the molecule is CCC1CCc2c(ccn2C(C)C)C1. The van der Waals surface area contributed by atoms with E-state index in [9.17, 15) is 0 Å². The summed E-state index contributed by atoms with van der Waals surface area (Å²) in [6, 6.07) is 2.95. The molecule has 0 aliphatic heterocycles. The van der Waals surface area contributed by atoms with Crippen LogP contribution in [0.4, 0.5) is 0 Å². The molecule has 1 heterocycles. The van der Waals surface area contributed by atoms with Crippen LogP contribution in [0, 0.1) is 5.92 Å². The van der Waals surface area contributed by atoms with E-state index in [0.717, 1.165) is 5.92 Å². The maximum absolute atomic E-state index is 2.45. The zero-order chi connectivity index (χ0) is 10.1. The lowest BCUT2D eigenvalue weighted by atomic mass is 9.86. The highest BCUT2D eigenvalue weighted by Crippen LogP contribution is 2.29. The van der Waals surface area contributed by atoms with Gasteiger partial charge in [0, 0.05) is 17.9 Å². The molecule has 1 aliphatic carbocycles. The van der Waals surface area contributed by atoms with Crippen molar-refractivity contribution < 1.29 is 0 Å². The van der Waals surface area contributed by atoms with Gasteiger partial charge in [0.1, 0.15) is 0 Å². The molecule has 2 rings (SSSR count). The summed E-state index contributed by atoms with van der Waals surface area (Å²) in [5.41, 5.74) is 3.21. The van der Waals surface area contributed by atoms with Crippen LogP contribution in [0.15, 0.2) is 12.3 Å². The van der Waals surface area contributed by atoms with E-state index in [1.54, 1.807) is 11.3 Å². The van der Waals surface area contributed by atoms with Crippen molar-refractivity contribution in [1.82, 2.24) is 4.57 Å². The summed E-state index contributed by atoms with van der Waals surface area (Å²) in [6.07, 6.45) is 7.60. The Morgan fingerprint density at radius 1 is 1.50 bits per heavy atom. The molecule has 1 heteroatoms. The van der Waals surface area contributed by atoms with Crippen LogP contribution in [-0.4, -0.2) is 4.57 Å². The molecule has 78 valence electrons. The van der Waals surface area contributed by atoms with Crippen LogP contribution >= 0.6 is 0 Å². The first-order chi connectivity index (χ1) is 6.72. The molecule has 1 aromatic rings. The third-order valence-corrected chi connectivity index (χ3v) is 3.55. The van der Waals surface area contributed by atoms with Crippen LogP contribution in [-0.2, 0) is 12.8 Å². The summed E-state index contributed by atoms with van der Waals surface area (Å²) in [5, 5.41) is 0. The Kier molecular flexibility index (Phi) is 2.66. The van der Waals surface area contributed by atoms with Gasteiger partial charge in [0.05, 0.1) is 0 Å².